The molecule has 0 bridgehead atoms. The maximum atomic E-state index is 5.13. The summed E-state index contributed by atoms with van der Waals surface area (Å²) >= 11 is 0. The van der Waals surface area contributed by atoms with Gasteiger partial charge >= 0.3 is 0 Å². The first kappa shape index (κ1) is 28.5. The molecule has 50 heavy (non-hydrogen) atoms. The first-order chi connectivity index (χ1) is 24.5. The second kappa shape index (κ2) is 10.7. The fourth-order valence-corrected chi connectivity index (χ4v) is 7.55. The molecule has 10 rings (SSSR count). The molecule has 0 radical (unpaired) electrons. The average molecular weight is 643 g/mol. The molecule has 0 fully saturated rings. The summed E-state index contributed by atoms with van der Waals surface area (Å²) < 4.78 is 0. The van der Waals surface area contributed by atoms with Crippen LogP contribution in [0, 0.1) is 0 Å². The smallest absolute Gasteiger partial charge is 0.164 e. The molecule has 0 aliphatic heterocycles. The van der Waals surface area contributed by atoms with Crippen molar-refractivity contribution in [2.24, 2.45) is 0 Å². The molecule has 9 aromatic rings. The van der Waals surface area contributed by atoms with Gasteiger partial charge in [0.2, 0.25) is 0 Å². The predicted molar refractivity (Wildman–Crippen MR) is 201 cm³/mol. The molecule has 2 aromatic heterocycles. The highest BCUT2D eigenvalue weighted by Gasteiger charge is 2.35. The van der Waals surface area contributed by atoms with Crippen LogP contribution in [-0.4, -0.2) is 29.9 Å². The topological polar surface area (TPSA) is 69.4 Å². The lowest BCUT2D eigenvalue weighted by Gasteiger charge is -2.21. The average Bonchev–Trinajstić information content (AvgIpc) is 3.71. The molecule has 0 spiro atoms. The van der Waals surface area contributed by atoms with Crippen LogP contribution in [0.3, 0.4) is 0 Å². The Labute approximate surface area is 288 Å². The van der Waals surface area contributed by atoms with Crippen molar-refractivity contribution < 1.29 is 0 Å². The van der Waals surface area contributed by atoms with Gasteiger partial charge < -0.3 is 0 Å². The van der Waals surface area contributed by atoms with Gasteiger partial charge in [0.05, 0.1) is 5.69 Å². The number of benzene rings is 7. The summed E-state index contributed by atoms with van der Waals surface area (Å²) in [7, 11) is 0. The Morgan fingerprint density at radius 1 is 0.480 bits per heavy atom. The fraction of sp³-hybridized carbons (Fsp3) is 0.0682. The predicted octanol–water partition coefficient (Wildman–Crippen LogP) is 10.2. The van der Waals surface area contributed by atoms with Crippen LogP contribution in [-0.2, 0) is 5.41 Å². The summed E-state index contributed by atoms with van der Waals surface area (Å²) in [6, 6.07) is 50.4. The Bertz CT molecular complexity index is 2780. The molecule has 0 amide bonds. The molecular weight excluding hydrogens is 613 g/mol. The summed E-state index contributed by atoms with van der Waals surface area (Å²) in [5.74, 6) is 1.92. The molecule has 0 saturated heterocycles. The van der Waals surface area contributed by atoms with Crippen molar-refractivity contribution in [2.45, 2.75) is 19.3 Å². The minimum absolute atomic E-state index is 0.0689. The third kappa shape index (κ3) is 4.38. The first-order valence-corrected chi connectivity index (χ1v) is 16.9. The molecular formula is C44H30N6. The molecule has 1 aliphatic carbocycles. The fourth-order valence-electron chi connectivity index (χ4n) is 7.55. The van der Waals surface area contributed by atoms with E-state index in [0.29, 0.717) is 17.5 Å². The Morgan fingerprint density at radius 2 is 1.10 bits per heavy atom. The largest absolute Gasteiger partial charge is 0.208 e. The highest BCUT2D eigenvalue weighted by Crippen LogP contribution is 2.49. The summed E-state index contributed by atoms with van der Waals surface area (Å²) in [4.78, 5) is 16.9. The molecule has 236 valence electrons. The number of hydrogen-bond donors (Lipinski definition) is 0. The molecule has 0 N–H and O–H groups in total. The summed E-state index contributed by atoms with van der Waals surface area (Å²) in [6.07, 6.45) is 0. The SMILES string of the molecule is CC1(C)c2ccccc2-c2cc(-c3nc(-c4ccccc4)nc(-c4ccc5c(ccc6ccc7nn(-c8ccccc8)nc7c65)c4)n3)ccc21. The summed E-state index contributed by atoms with van der Waals surface area (Å²) in [5.41, 5.74) is 10.6. The van der Waals surface area contributed by atoms with Crippen molar-refractivity contribution >= 4 is 32.6 Å². The molecule has 0 unspecified atom stereocenters. The normalized spacial score (nSPS) is 13.2. The van der Waals surface area contributed by atoms with E-state index in [4.69, 9.17) is 25.1 Å². The van der Waals surface area contributed by atoms with E-state index in [-0.39, 0.29) is 5.41 Å². The molecule has 2 heterocycles. The van der Waals surface area contributed by atoms with Crippen molar-refractivity contribution in [1.29, 1.82) is 0 Å². The van der Waals surface area contributed by atoms with Crippen LogP contribution in [0.25, 0.3) is 83.6 Å². The van der Waals surface area contributed by atoms with Gasteiger partial charge in [0.15, 0.2) is 17.5 Å². The van der Waals surface area contributed by atoms with Gasteiger partial charge in [-0.3, -0.25) is 0 Å². The van der Waals surface area contributed by atoms with E-state index in [1.165, 1.54) is 22.3 Å². The molecule has 1 aliphatic rings. The monoisotopic (exact) mass is 642 g/mol. The zero-order valence-electron chi connectivity index (χ0n) is 27.5. The highest BCUT2D eigenvalue weighted by atomic mass is 15.5. The molecule has 0 atom stereocenters. The maximum absolute atomic E-state index is 5.13. The van der Waals surface area contributed by atoms with E-state index >= 15 is 0 Å². The van der Waals surface area contributed by atoms with Crippen LogP contribution in [0.1, 0.15) is 25.0 Å². The number of aromatic nitrogens is 6. The van der Waals surface area contributed by atoms with E-state index in [9.17, 15) is 0 Å². The van der Waals surface area contributed by atoms with Crippen LogP contribution in [0.4, 0.5) is 0 Å². The van der Waals surface area contributed by atoms with Crippen LogP contribution in [0.5, 0.6) is 0 Å². The lowest BCUT2D eigenvalue weighted by Crippen LogP contribution is -2.14. The van der Waals surface area contributed by atoms with Crippen molar-refractivity contribution in [3.05, 3.63) is 157 Å². The van der Waals surface area contributed by atoms with Gasteiger partial charge in [-0.25, -0.2) is 15.0 Å². The van der Waals surface area contributed by atoms with Crippen LogP contribution in [0.15, 0.2) is 146 Å². The van der Waals surface area contributed by atoms with Gasteiger partial charge in [-0.2, -0.15) is 4.80 Å². The van der Waals surface area contributed by atoms with Gasteiger partial charge in [-0.1, -0.05) is 129 Å². The molecule has 7 aromatic carbocycles. The van der Waals surface area contributed by atoms with Crippen LogP contribution < -0.4 is 0 Å². The summed E-state index contributed by atoms with van der Waals surface area (Å²) in [6.45, 7) is 4.59. The minimum Gasteiger partial charge on any atom is -0.208 e. The number of para-hydroxylation sites is 1. The van der Waals surface area contributed by atoms with Crippen molar-refractivity contribution in [3.63, 3.8) is 0 Å². The first-order valence-electron chi connectivity index (χ1n) is 16.9. The van der Waals surface area contributed by atoms with E-state index < -0.39 is 0 Å². The second-order valence-corrected chi connectivity index (χ2v) is 13.5. The zero-order valence-corrected chi connectivity index (χ0v) is 27.5. The summed E-state index contributed by atoms with van der Waals surface area (Å²) in [5, 5.41) is 14.1. The highest BCUT2D eigenvalue weighted by molar-refractivity contribution is 6.18. The van der Waals surface area contributed by atoms with Gasteiger partial charge in [0.25, 0.3) is 0 Å². The molecule has 0 saturated carbocycles. The second-order valence-electron chi connectivity index (χ2n) is 13.5. The van der Waals surface area contributed by atoms with Gasteiger partial charge in [-0.15, -0.1) is 10.2 Å². The van der Waals surface area contributed by atoms with Crippen molar-refractivity contribution in [2.75, 3.05) is 0 Å². The van der Waals surface area contributed by atoms with Crippen molar-refractivity contribution in [1.82, 2.24) is 29.9 Å². The van der Waals surface area contributed by atoms with Gasteiger partial charge in [-0.05, 0) is 68.7 Å². The molecule has 6 nitrogen and oxygen atoms in total. The number of hydrogen-bond acceptors (Lipinski definition) is 5. The van der Waals surface area contributed by atoms with E-state index in [0.717, 1.165) is 55.0 Å². The van der Waals surface area contributed by atoms with E-state index in [1.54, 1.807) is 4.80 Å². The third-order valence-corrected chi connectivity index (χ3v) is 10.1. The Balaban J connectivity index is 1.14. The van der Waals surface area contributed by atoms with Crippen LogP contribution in [0.2, 0.25) is 0 Å². The standard InChI is InChI=1S/C44H30N6/c1-44(2)36-16-10-9-15-34(36)35-26-31(20-23-37(35)44)43-46-41(28-11-5-3-6-12-28)45-42(47-43)30-19-22-33-29(25-30)18-17-27-21-24-38-40(39(27)33)49-50(48-38)32-13-7-4-8-14-32/h3-26H,1-2H3. The van der Waals surface area contributed by atoms with E-state index in [2.05, 4.69) is 92.7 Å². The number of rotatable bonds is 4. The van der Waals surface area contributed by atoms with E-state index in [1.807, 2.05) is 66.7 Å². The lowest BCUT2D eigenvalue weighted by atomic mass is 9.82. The maximum Gasteiger partial charge on any atom is 0.164 e. The Hall–Kier alpha value is -6.53. The Morgan fingerprint density at radius 3 is 1.90 bits per heavy atom. The third-order valence-electron chi connectivity index (χ3n) is 10.1. The zero-order chi connectivity index (χ0) is 33.4. The van der Waals surface area contributed by atoms with Crippen molar-refractivity contribution in [3.8, 4) is 51.0 Å². The van der Waals surface area contributed by atoms with Crippen LogP contribution >= 0.6 is 0 Å². The lowest BCUT2D eigenvalue weighted by molar-refractivity contribution is 0.660. The molecule has 6 heteroatoms. The quantitative estimate of drug-likeness (QED) is 0.179. The van der Waals surface area contributed by atoms with Gasteiger partial charge in [0.1, 0.15) is 11.0 Å². The minimum atomic E-state index is -0.0689. The number of nitrogens with zero attached hydrogens (tertiary/aromatic N) is 6. The Kier molecular flexibility index (Phi) is 6.12. The number of fused-ring (bicyclic) bond motifs is 8. The van der Waals surface area contributed by atoms with Gasteiger partial charge in [0, 0.05) is 27.5 Å².